The highest BCUT2D eigenvalue weighted by Crippen LogP contribution is 2.33. The van der Waals surface area contributed by atoms with Crippen molar-refractivity contribution >= 4 is 58.1 Å². The molecule has 0 aliphatic carbocycles. The van der Waals surface area contributed by atoms with Crippen molar-refractivity contribution in [2.24, 2.45) is 0 Å². The monoisotopic (exact) mass is 398 g/mol. The van der Waals surface area contributed by atoms with Crippen LogP contribution in [0.1, 0.15) is 19.4 Å². The first kappa shape index (κ1) is 19.6. The number of hydrogen-bond donors (Lipinski definition) is 1. The molecule has 1 N–H and O–H groups in total. The lowest BCUT2D eigenvalue weighted by molar-refractivity contribution is -0.123. The van der Waals surface area contributed by atoms with Gasteiger partial charge < -0.3 is 5.32 Å². The molecule has 1 aliphatic heterocycles. The van der Waals surface area contributed by atoms with E-state index in [1.165, 1.54) is 6.08 Å². The fourth-order valence-corrected chi connectivity index (χ4v) is 3.38. The number of carbonyl (C=O) groups excluding carboxylic acids is 3. The number of benzene rings is 1. The van der Waals surface area contributed by atoms with Crippen molar-refractivity contribution in [1.29, 1.82) is 0 Å². The van der Waals surface area contributed by atoms with Gasteiger partial charge in [-0.25, -0.2) is 0 Å². The van der Waals surface area contributed by atoms with E-state index in [1.807, 2.05) is 13.8 Å². The van der Waals surface area contributed by atoms with Crippen LogP contribution in [0, 0.1) is 0 Å². The number of allylic oxidation sites excluding steroid dienone is 1. The van der Waals surface area contributed by atoms with Crippen LogP contribution in [-0.2, 0) is 9.59 Å². The molecule has 2 rings (SSSR count). The number of thioether (sulfide) groups is 1. The maximum Gasteiger partial charge on any atom is 0.293 e. The Kier molecular flexibility index (Phi) is 6.70. The van der Waals surface area contributed by atoms with Crippen molar-refractivity contribution in [3.63, 3.8) is 0 Å². The molecule has 1 heterocycles. The molecule has 0 unspecified atom stereocenters. The lowest BCUT2D eigenvalue weighted by atomic mass is 10.2. The highest BCUT2D eigenvalue weighted by atomic mass is 35.5. The summed E-state index contributed by atoms with van der Waals surface area (Å²) in [5, 5.41) is 3.14. The Labute approximate surface area is 160 Å². The number of hydrogen-bond acceptors (Lipinski definition) is 4. The molecule has 8 heteroatoms. The highest BCUT2D eigenvalue weighted by molar-refractivity contribution is 8.18. The number of nitrogens with one attached hydrogen (secondary N) is 1. The Morgan fingerprint density at radius 3 is 2.64 bits per heavy atom. The summed E-state index contributed by atoms with van der Waals surface area (Å²) in [6.07, 6.45) is 3.02. The SMILES string of the molecule is CC(C)=CC(=O)NCCN1C(=O)SC(=Cc2ccc(Cl)cc2Cl)C1=O. The molecule has 1 saturated heterocycles. The first-order chi connectivity index (χ1) is 11.8. The number of halogens is 2. The van der Waals surface area contributed by atoms with Crippen molar-refractivity contribution in [1.82, 2.24) is 10.2 Å². The van der Waals surface area contributed by atoms with Crippen LogP contribution in [0.5, 0.6) is 0 Å². The van der Waals surface area contributed by atoms with Gasteiger partial charge >= 0.3 is 0 Å². The van der Waals surface area contributed by atoms with Crippen molar-refractivity contribution in [2.75, 3.05) is 13.1 Å². The molecule has 1 fully saturated rings. The molecule has 5 nitrogen and oxygen atoms in total. The second-order valence-electron chi connectivity index (χ2n) is 5.51. The van der Waals surface area contributed by atoms with E-state index in [9.17, 15) is 14.4 Å². The van der Waals surface area contributed by atoms with Gasteiger partial charge in [0.05, 0.1) is 4.91 Å². The summed E-state index contributed by atoms with van der Waals surface area (Å²) in [6.45, 7) is 3.92. The molecular weight excluding hydrogens is 383 g/mol. The third kappa shape index (κ3) is 5.36. The van der Waals surface area contributed by atoms with Crippen molar-refractivity contribution < 1.29 is 14.4 Å². The summed E-state index contributed by atoms with van der Waals surface area (Å²) in [5.74, 6) is -0.659. The molecular formula is C17H16Cl2N2O3S. The van der Waals surface area contributed by atoms with Gasteiger partial charge in [0.15, 0.2) is 0 Å². The van der Waals surface area contributed by atoms with Crippen molar-refractivity contribution in [3.8, 4) is 0 Å². The van der Waals surface area contributed by atoms with Gasteiger partial charge in [0.1, 0.15) is 0 Å². The van der Waals surface area contributed by atoms with E-state index < -0.39 is 5.91 Å². The average molecular weight is 399 g/mol. The molecule has 25 heavy (non-hydrogen) atoms. The van der Waals surface area contributed by atoms with Gasteiger partial charge in [-0.05, 0) is 49.4 Å². The van der Waals surface area contributed by atoms with E-state index in [1.54, 1.807) is 24.3 Å². The molecule has 3 amide bonds. The number of carbonyl (C=O) groups is 3. The van der Waals surface area contributed by atoms with Crippen LogP contribution >= 0.6 is 35.0 Å². The first-order valence-electron chi connectivity index (χ1n) is 7.41. The second kappa shape index (κ2) is 8.56. The zero-order valence-corrected chi connectivity index (χ0v) is 16.0. The molecule has 132 valence electrons. The van der Waals surface area contributed by atoms with Gasteiger partial charge in [-0.15, -0.1) is 0 Å². The van der Waals surface area contributed by atoms with Crippen LogP contribution in [0.25, 0.3) is 6.08 Å². The molecule has 0 atom stereocenters. The van der Waals surface area contributed by atoms with E-state index in [4.69, 9.17) is 23.2 Å². The van der Waals surface area contributed by atoms with E-state index in [0.717, 1.165) is 22.2 Å². The predicted octanol–water partition coefficient (Wildman–Crippen LogP) is 4.11. The molecule has 0 bridgehead atoms. The predicted molar refractivity (Wildman–Crippen MR) is 102 cm³/mol. The smallest absolute Gasteiger partial charge is 0.293 e. The Morgan fingerprint density at radius 2 is 2.00 bits per heavy atom. The molecule has 1 aliphatic rings. The zero-order chi connectivity index (χ0) is 18.6. The molecule has 0 aromatic heterocycles. The molecule has 1 aromatic carbocycles. The van der Waals surface area contributed by atoms with Crippen LogP contribution in [0.15, 0.2) is 34.8 Å². The fraction of sp³-hybridized carbons (Fsp3) is 0.235. The molecule has 1 aromatic rings. The Bertz CT molecular complexity index is 786. The summed E-state index contributed by atoms with van der Waals surface area (Å²) >= 11 is 12.8. The summed E-state index contributed by atoms with van der Waals surface area (Å²) in [4.78, 5) is 37.3. The van der Waals surface area contributed by atoms with Crippen LogP contribution < -0.4 is 5.32 Å². The highest BCUT2D eigenvalue weighted by Gasteiger charge is 2.34. The van der Waals surface area contributed by atoms with Crippen LogP contribution in [-0.4, -0.2) is 35.0 Å². The lowest BCUT2D eigenvalue weighted by Gasteiger charge is -2.12. The maximum atomic E-state index is 12.4. The lowest BCUT2D eigenvalue weighted by Crippen LogP contribution is -2.36. The first-order valence-corrected chi connectivity index (χ1v) is 8.98. The zero-order valence-electron chi connectivity index (χ0n) is 13.6. The normalized spacial score (nSPS) is 15.7. The average Bonchev–Trinajstić information content (AvgIpc) is 2.76. The minimum Gasteiger partial charge on any atom is -0.351 e. The van der Waals surface area contributed by atoms with Gasteiger partial charge in [0, 0.05) is 29.2 Å². The van der Waals surface area contributed by atoms with Gasteiger partial charge in [0.2, 0.25) is 5.91 Å². The summed E-state index contributed by atoms with van der Waals surface area (Å²) in [5.41, 5.74) is 1.47. The second-order valence-corrected chi connectivity index (χ2v) is 7.35. The standard InChI is InChI=1S/C17H16Cl2N2O3S/c1-10(2)7-15(22)20-5-6-21-16(23)14(25-17(21)24)8-11-3-4-12(18)9-13(11)19/h3-4,7-9H,5-6H2,1-2H3,(H,20,22). The van der Waals surface area contributed by atoms with Crippen LogP contribution in [0.3, 0.4) is 0 Å². The maximum absolute atomic E-state index is 12.4. The van der Waals surface area contributed by atoms with E-state index in [-0.39, 0.29) is 29.1 Å². The van der Waals surface area contributed by atoms with Crippen molar-refractivity contribution in [2.45, 2.75) is 13.8 Å². The summed E-state index contributed by atoms with van der Waals surface area (Å²) < 4.78 is 0. The molecule has 0 saturated carbocycles. The quantitative estimate of drug-likeness (QED) is 0.757. The van der Waals surface area contributed by atoms with Crippen molar-refractivity contribution in [3.05, 3.63) is 50.4 Å². The summed E-state index contributed by atoms with van der Waals surface area (Å²) in [7, 11) is 0. The van der Waals surface area contributed by atoms with Gasteiger partial charge in [-0.2, -0.15) is 0 Å². The van der Waals surface area contributed by atoms with E-state index in [0.29, 0.717) is 15.6 Å². The molecule has 0 spiro atoms. The largest absolute Gasteiger partial charge is 0.351 e. The summed E-state index contributed by atoms with van der Waals surface area (Å²) in [6, 6.07) is 4.90. The fourth-order valence-electron chi connectivity index (χ4n) is 2.06. The van der Waals surface area contributed by atoms with Crippen LogP contribution in [0.4, 0.5) is 4.79 Å². The van der Waals surface area contributed by atoms with Crippen LogP contribution in [0.2, 0.25) is 10.0 Å². The minimum atomic E-state index is -0.405. The van der Waals surface area contributed by atoms with Gasteiger partial charge in [-0.1, -0.05) is 34.8 Å². The third-order valence-corrected chi connectivity index (χ3v) is 4.65. The van der Waals surface area contributed by atoms with E-state index in [2.05, 4.69) is 5.32 Å². The third-order valence-electron chi connectivity index (χ3n) is 3.18. The number of imide groups is 1. The topological polar surface area (TPSA) is 66.5 Å². The Morgan fingerprint density at radius 1 is 1.28 bits per heavy atom. The molecule has 0 radical (unpaired) electrons. The minimum absolute atomic E-state index is 0.110. The van der Waals surface area contributed by atoms with Gasteiger partial charge in [0.25, 0.3) is 11.1 Å². The van der Waals surface area contributed by atoms with E-state index >= 15 is 0 Å². The Hall–Kier alpha value is -1.76. The van der Waals surface area contributed by atoms with Gasteiger partial charge in [-0.3, -0.25) is 19.3 Å². The number of nitrogens with zero attached hydrogens (tertiary/aromatic N) is 1. The number of amides is 3. The number of rotatable bonds is 5. The Balaban J connectivity index is 2.03.